The number of hydrogen-bond donors (Lipinski definition) is 2. The number of carbonyl (C=O) groups excluding carboxylic acids is 1. The number of amides is 1. The van der Waals surface area contributed by atoms with E-state index in [0.717, 1.165) is 12.8 Å². The number of nitrogens with two attached hydrogens (primary N) is 1. The Hall–Kier alpha value is -1.89. The summed E-state index contributed by atoms with van der Waals surface area (Å²) < 4.78 is 5.61. The molecule has 1 aliphatic rings. The van der Waals surface area contributed by atoms with Gasteiger partial charge in [0, 0.05) is 24.5 Å². The van der Waals surface area contributed by atoms with E-state index in [9.17, 15) is 4.79 Å². The predicted molar refractivity (Wildman–Crippen MR) is 101 cm³/mol. The number of carbonyl (C=O) groups is 1. The van der Waals surface area contributed by atoms with Gasteiger partial charge in [0.2, 0.25) is 5.88 Å². The minimum Gasteiger partial charge on any atom is -0.437 e. The molecule has 1 atom stereocenters. The van der Waals surface area contributed by atoms with E-state index in [4.69, 9.17) is 10.5 Å². The van der Waals surface area contributed by atoms with Crippen molar-refractivity contribution in [2.24, 2.45) is 11.7 Å². The van der Waals surface area contributed by atoms with E-state index < -0.39 is 0 Å². The zero-order valence-electron chi connectivity index (χ0n) is 13.8. The van der Waals surface area contributed by atoms with E-state index in [-0.39, 0.29) is 36.3 Å². The van der Waals surface area contributed by atoms with Gasteiger partial charge < -0.3 is 15.8 Å². The van der Waals surface area contributed by atoms with Crippen molar-refractivity contribution in [2.75, 3.05) is 6.54 Å². The molecule has 0 radical (unpaired) electrons. The monoisotopic (exact) mass is 384 g/mol. The Morgan fingerprint density at radius 2 is 2.12 bits per heavy atom. The molecule has 1 amide bonds. The van der Waals surface area contributed by atoms with Gasteiger partial charge >= 0.3 is 0 Å². The summed E-state index contributed by atoms with van der Waals surface area (Å²) in [4.78, 5) is 20.5. The topological polar surface area (TPSA) is 90.1 Å². The Kier molecular flexibility index (Phi) is 7.60. The third-order valence-corrected chi connectivity index (χ3v) is 4.16. The van der Waals surface area contributed by atoms with Crippen molar-refractivity contribution in [3.63, 3.8) is 0 Å². The molecule has 1 saturated carbocycles. The molecular formula is C17H22Cl2N4O2. The van der Waals surface area contributed by atoms with Crippen LogP contribution in [0.3, 0.4) is 0 Å². The summed E-state index contributed by atoms with van der Waals surface area (Å²) in [5, 5.41) is 3.06. The number of halogens is 2. The molecule has 1 aliphatic carbocycles. The SMILES string of the molecule is CC(CN)(NC(=O)c1cccc(Oc2cnccn2)c1)C1CC1.Cl.Cl. The molecule has 25 heavy (non-hydrogen) atoms. The summed E-state index contributed by atoms with van der Waals surface area (Å²) in [5.41, 5.74) is 6.04. The fraction of sp³-hybridized carbons (Fsp3) is 0.353. The first kappa shape index (κ1) is 21.2. The third kappa shape index (κ3) is 5.29. The van der Waals surface area contributed by atoms with Gasteiger partial charge in [0.15, 0.2) is 0 Å². The van der Waals surface area contributed by atoms with Crippen LogP contribution in [0.15, 0.2) is 42.9 Å². The molecule has 1 unspecified atom stereocenters. The number of nitrogens with zero attached hydrogens (tertiary/aromatic N) is 2. The molecule has 0 spiro atoms. The summed E-state index contributed by atoms with van der Waals surface area (Å²) in [7, 11) is 0. The van der Waals surface area contributed by atoms with Crippen LogP contribution in [0.25, 0.3) is 0 Å². The molecule has 1 heterocycles. The lowest BCUT2D eigenvalue weighted by Gasteiger charge is -2.29. The molecule has 3 rings (SSSR count). The molecule has 0 bridgehead atoms. The minimum absolute atomic E-state index is 0. The molecular weight excluding hydrogens is 363 g/mol. The standard InChI is InChI=1S/C17H20N4O2.2ClH/c1-17(11-18,13-5-6-13)21-16(22)12-3-2-4-14(9-12)23-15-10-19-7-8-20-15;;/h2-4,7-10,13H,5-6,11,18H2,1H3,(H,21,22);2*1H. The molecule has 8 heteroatoms. The van der Waals surface area contributed by atoms with Crippen LogP contribution >= 0.6 is 24.8 Å². The van der Waals surface area contributed by atoms with E-state index in [1.807, 2.05) is 6.92 Å². The number of benzene rings is 1. The fourth-order valence-corrected chi connectivity index (χ4v) is 2.53. The van der Waals surface area contributed by atoms with Crippen LogP contribution < -0.4 is 15.8 Å². The van der Waals surface area contributed by atoms with Gasteiger partial charge in [-0.15, -0.1) is 24.8 Å². The Morgan fingerprint density at radius 3 is 2.72 bits per heavy atom. The number of hydrogen-bond acceptors (Lipinski definition) is 5. The van der Waals surface area contributed by atoms with Crippen LogP contribution in [0, 0.1) is 5.92 Å². The van der Waals surface area contributed by atoms with Crippen molar-refractivity contribution in [1.82, 2.24) is 15.3 Å². The van der Waals surface area contributed by atoms with Gasteiger partial charge in [0.25, 0.3) is 5.91 Å². The van der Waals surface area contributed by atoms with Crippen molar-refractivity contribution < 1.29 is 9.53 Å². The van der Waals surface area contributed by atoms with Gasteiger partial charge in [-0.25, -0.2) is 4.98 Å². The fourth-order valence-electron chi connectivity index (χ4n) is 2.53. The molecule has 136 valence electrons. The number of rotatable bonds is 6. The lowest BCUT2D eigenvalue weighted by atomic mass is 9.95. The predicted octanol–water partition coefficient (Wildman–Crippen LogP) is 2.97. The third-order valence-electron chi connectivity index (χ3n) is 4.16. The lowest BCUT2D eigenvalue weighted by molar-refractivity contribution is 0.0897. The Bertz CT molecular complexity index is 698. The summed E-state index contributed by atoms with van der Waals surface area (Å²) in [5.74, 6) is 1.25. The maximum Gasteiger partial charge on any atom is 0.251 e. The summed E-state index contributed by atoms with van der Waals surface area (Å²) in [6, 6.07) is 6.99. The van der Waals surface area contributed by atoms with E-state index >= 15 is 0 Å². The van der Waals surface area contributed by atoms with Crippen LogP contribution in [-0.2, 0) is 0 Å². The Morgan fingerprint density at radius 1 is 1.36 bits per heavy atom. The van der Waals surface area contributed by atoms with Crippen molar-refractivity contribution in [1.29, 1.82) is 0 Å². The van der Waals surface area contributed by atoms with Crippen molar-refractivity contribution >= 4 is 30.7 Å². The van der Waals surface area contributed by atoms with Gasteiger partial charge in [-0.3, -0.25) is 9.78 Å². The van der Waals surface area contributed by atoms with E-state index in [2.05, 4.69) is 15.3 Å². The maximum absolute atomic E-state index is 12.5. The highest BCUT2D eigenvalue weighted by molar-refractivity contribution is 5.95. The summed E-state index contributed by atoms with van der Waals surface area (Å²) in [6.07, 6.45) is 6.87. The number of aromatic nitrogens is 2. The van der Waals surface area contributed by atoms with Crippen LogP contribution in [-0.4, -0.2) is 28.0 Å². The van der Waals surface area contributed by atoms with Gasteiger partial charge in [-0.2, -0.15) is 0 Å². The molecule has 1 aromatic carbocycles. The number of ether oxygens (including phenoxy) is 1. The number of nitrogens with one attached hydrogen (secondary N) is 1. The van der Waals surface area contributed by atoms with Crippen molar-refractivity contribution in [3.8, 4) is 11.6 Å². The van der Waals surface area contributed by atoms with Crippen molar-refractivity contribution in [2.45, 2.75) is 25.3 Å². The normalized spacial score (nSPS) is 15.1. The van der Waals surface area contributed by atoms with Crippen LogP contribution in [0.4, 0.5) is 0 Å². The molecule has 2 aromatic rings. The van der Waals surface area contributed by atoms with Gasteiger partial charge in [0.1, 0.15) is 5.75 Å². The molecule has 1 fully saturated rings. The highest BCUT2D eigenvalue weighted by Gasteiger charge is 2.41. The minimum atomic E-state index is -0.348. The van der Waals surface area contributed by atoms with E-state index in [1.165, 1.54) is 6.20 Å². The zero-order chi connectivity index (χ0) is 16.3. The quantitative estimate of drug-likeness (QED) is 0.798. The van der Waals surface area contributed by atoms with Gasteiger partial charge in [-0.05, 0) is 43.9 Å². The second-order valence-corrected chi connectivity index (χ2v) is 6.02. The smallest absolute Gasteiger partial charge is 0.251 e. The average molecular weight is 385 g/mol. The van der Waals surface area contributed by atoms with Gasteiger partial charge in [-0.1, -0.05) is 6.07 Å². The first-order valence-corrected chi connectivity index (χ1v) is 7.67. The Labute approximate surface area is 159 Å². The molecule has 6 nitrogen and oxygen atoms in total. The Balaban J connectivity index is 0.00000156. The van der Waals surface area contributed by atoms with Crippen molar-refractivity contribution in [3.05, 3.63) is 48.4 Å². The molecule has 3 N–H and O–H groups in total. The van der Waals surface area contributed by atoms with E-state index in [1.54, 1.807) is 36.7 Å². The van der Waals surface area contributed by atoms with Gasteiger partial charge in [0.05, 0.1) is 11.7 Å². The lowest BCUT2D eigenvalue weighted by Crippen LogP contribution is -2.53. The largest absolute Gasteiger partial charge is 0.437 e. The van der Waals surface area contributed by atoms with Crippen LogP contribution in [0.5, 0.6) is 11.6 Å². The van der Waals surface area contributed by atoms with Crippen LogP contribution in [0.1, 0.15) is 30.1 Å². The second-order valence-electron chi connectivity index (χ2n) is 6.02. The highest BCUT2D eigenvalue weighted by Crippen LogP contribution is 2.39. The zero-order valence-corrected chi connectivity index (χ0v) is 15.5. The first-order chi connectivity index (χ1) is 11.1. The molecule has 1 aromatic heterocycles. The highest BCUT2D eigenvalue weighted by atomic mass is 35.5. The maximum atomic E-state index is 12.5. The average Bonchev–Trinajstić information content (AvgIpc) is 3.41. The summed E-state index contributed by atoms with van der Waals surface area (Å²) >= 11 is 0. The second kappa shape index (κ2) is 8.99. The van der Waals surface area contributed by atoms with E-state index in [0.29, 0.717) is 29.7 Å². The summed E-state index contributed by atoms with van der Waals surface area (Å²) in [6.45, 7) is 2.43. The van der Waals surface area contributed by atoms with Crippen LogP contribution in [0.2, 0.25) is 0 Å². The molecule has 0 saturated heterocycles. The first-order valence-electron chi connectivity index (χ1n) is 7.67. The molecule has 0 aliphatic heterocycles.